The molecule has 0 aromatic heterocycles. The number of Topliss-reactive ketones (excluding diaryl/α,β-unsaturated/α-hetero) is 1. The van der Waals surface area contributed by atoms with E-state index in [-0.39, 0.29) is 5.78 Å². The molecule has 1 aliphatic carbocycles. The zero-order valence-corrected chi connectivity index (χ0v) is 11.8. The van der Waals surface area contributed by atoms with Crippen LogP contribution in [0.2, 0.25) is 0 Å². The van der Waals surface area contributed by atoms with Crippen molar-refractivity contribution in [3.8, 4) is 11.5 Å². The molecule has 21 heavy (non-hydrogen) atoms. The van der Waals surface area contributed by atoms with Crippen molar-refractivity contribution in [2.24, 2.45) is 0 Å². The zero-order chi connectivity index (χ0) is 15.0. The van der Waals surface area contributed by atoms with Crippen LogP contribution in [0, 0.1) is 5.41 Å². The third-order valence-electron chi connectivity index (χ3n) is 3.78. The third kappa shape index (κ3) is 2.09. The van der Waals surface area contributed by atoms with E-state index in [9.17, 15) is 4.79 Å². The molecular weight excluding hydrogens is 266 g/mol. The molecule has 0 amide bonds. The SMILES string of the molecule is COc1ccc(C2C(=N)c3cc(OC)ccc3C2=O)cc1. The fraction of sp³-hybridized carbons (Fsp3) is 0.176. The van der Waals surface area contributed by atoms with Crippen LogP contribution >= 0.6 is 0 Å². The minimum Gasteiger partial charge on any atom is -0.497 e. The molecule has 4 heteroatoms. The average Bonchev–Trinajstić information content (AvgIpc) is 2.78. The number of nitrogens with one attached hydrogen (secondary N) is 1. The third-order valence-corrected chi connectivity index (χ3v) is 3.78. The quantitative estimate of drug-likeness (QED) is 0.940. The lowest BCUT2D eigenvalue weighted by Gasteiger charge is -2.10. The van der Waals surface area contributed by atoms with E-state index >= 15 is 0 Å². The van der Waals surface area contributed by atoms with Gasteiger partial charge in [-0.1, -0.05) is 12.1 Å². The van der Waals surface area contributed by atoms with E-state index in [2.05, 4.69) is 0 Å². The van der Waals surface area contributed by atoms with Crippen LogP contribution in [-0.4, -0.2) is 25.7 Å². The van der Waals surface area contributed by atoms with Crippen molar-refractivity contribution in [3.63, 3.8) is 0 Å². The van der Waals surface area contributed by atoms with Crippen LogP contribution < -0.4 is 9.47 Å². The summed E-state index contributed by atoms with van der Waals surface area (Å²) in [4.78, 5) is 12.5. The fourth-order valence-electron chi connectivity index (χ4n) is 2.64. The summed E-state index contributed by atoms with van der Waals surface area (Å²) in [6.07, 6.45) is 0. The van der Waals surface area contributed by atoms with Crippen LogP contribution in [-0.2, 0) is 0 Å². The van der Waals surface area contributed by atoms with E-state index in [4.69, 9.17) is 14.9 Å². The Kier molecular flexibility index (Phi) is 3.22. The van der Waals surface area contributed by atoms with Gasteiger partial charge in [0.15, 0.2) is 5.78 Å². The number of carbonyl (C=O) groups excluding carboxylic acids is 1. The Bertz CT molecular complexity index is 719. The number of hydrogen-bond acceptors (Lipinski definition) is 4. The summed E-state index contributed by atoms with van der Waals surface area (Å²) in [5, 5.41) is 8.32. The molecule has 3 rings (SSSR count). The van der Waals surface area contributed by atoms with E-state index in [0.29, 0.717) is 22.6 Å². The summed E-state index contributed by atoms with van der Waals surface area (Å²) in [6.45, 7) is 0. The molecule has 1 atom stereocenters. The molecule has 2 aromatic carbocycles. The van der Waals surface area contributed by atoms with Crippen LogP contribution in [0.25, 0.3) is 0 Å². The van der Waals surface area contributed by atoms with Gasteiger partial charge in [0.25, 0.3) is 0 Å². The molecule has 0 radical (unpaired) electrons. The van der Waals surface area contributed by atoms with E-state index in [0.717, 1.165) is 11.3 Å². The first-order valence-electron chi connectivity index (χ1n) is 6.60. The molecule has 0 saturated heterocycles. The average molecular weight is 281 g/mol. The molecule has 0 bridgehead atoms. The van der Waals surface area contributed by atoms with Gasteiger partial charge in [-0.25, -0.2) is 0 Å². The number of ether oxygens (including phenoxy) is 2. The predicted octanol–water partition coefficient (Wildman–Crippen LogP) is 3.05. The number of fused-ring (bicyclic) bond motifs is 1. The monoisotopic (exact) mass is 281 g/mol. The van der Waals surface area contributed by atoms with Gasteiger partial charge in [0.2, 0.25) is 0 Å². The second kappa shape index (κ2) is 5.05. The molecule has 0 spiro atoms. The molecule has 1 unspecified atom stereocenters. The molecule has 2 aromatic rings. The molecule has 0 heterocycles. The number of hydrogen-bond donors (Lipinski definition) is 1. The molecule has 0 fully saturated rings. The normalized spacial score (nSPS) is 16.8. The first-order chi connectivity index (χ1) is 10.2. The van der Waals surface area contributed by atoms with E-state index in [1.54, 1.807) is 44.6 Å². The van der Waals surface area contributed by atoms with Crippen LogP contribution in [0.3, 0.4) is 0 Å². The predicted molar refractivity (Wildman–Crippen MR) is 79.9 cm³/mol. The maximum absolute atomic E-state index is 12.5. The maximum Gasteiger partial charge on any atom is 0.176 e. The summed E-state index contributed by atoms with van der Waals surface area (Å²) in [6, 6.07) is 12.5. The van der Waals surface area contributed by atoms with E-state index < -0.39 is 5.92 Å². The first-order valence-corrected chi connectivity index (χ1v) is 6.60. The Morgan fingerprint density at radius 2 is 1.52 bits per heavy atom. The largest absolute Gasteiger partial charge is 0.497 e. The molecule has 106 valence electrons. The number of carbonyl (C=O) groups is 1. The van der Waals surface area contributed by atoms with E-state index in [1.807, 2.05) is 12.1 Å². The maximum atomic E-state index is 12.5. The topological polar surface area (TPSA) is 59.4 Å². The Labute approximate surface area is 122 Å². The van der Waals surface area contributed by atoms with Gasteiger partial charge in [-0.3, -0.25) is 4.79 Å². The second-order valence-corrected chi connectivity index (χ2v) is 4.90. The van der Waals surface area contributed by atoms with Crippen molar-refractivity contribution in [3.05, 3.63) is 59.2 Å². The second-order valence-electron chi connectivity index (χ2n) is 4.90. The minimum atomic E-state index is -0.544. The van der Waals surface area contributed by atoms with Crippen molar-refractivity contribution in [1.82, 2.24) is 0 Å². The highest BCUT2D eigenvalue weighted by Crippen LogP contribution is 2.36. The van der Waals surface area contributed by atoms with Crippen LogP contribution in [0.1, 0.15) is 27.4 Å². The Morgan fingerprint density at radius 1 is 0.905 bits per heavy atom. The van der Waals surface area contributed by atoms with Crippen molar-refractivity contribution < 1.29 is 14.3 Å². The lowest BCUT2D eigenvalue weighted by atomic mass is 9.94. The summed E-state index contributed by atoms with van der Waals surface area (Å²) < 4.78 is 10.3. The zero-order valence-electron chi connectivity index (χ0n) is 11.8. The van der Waals surface area contributed by atoms with Crippen LogP contribution in [0.5, 0.6) is 11.5 Å². The van der Waals surface area contributed by atoms with Gasteiger partial charge < -0.3 is 14.9 Å². The van der Waals surface area contributed by atoms with Gasteiger partial charge in [-0.15, -0.1) is 0 Å². The van der Waals surface area contributed by atoms with Gasteiger partial charge in [-0.05, 0) is 35.9 Å². The van der Waals surface area contributed by atoms with Gasteiger partial charge in [-0.2, -0.15) is 0 Å². The molecule has 0 saturated carbocycles. The molecule has 4 nitrogen and oxygen atoms in total. The van der Waals surface area contributed by atoms with Gasteiger partial charge >= 0.3 is 0 Å². The summed E-state index contributed by atoms with van der Waals surface area (Å²) in [7, 11) is 3.17. The van der Waals surface area contributed by atoms with Crippen LogP contribution in [0.4, 0.5) is 0 Å². The van der Waals surface area contributed by atoms with Gasteiger partial charge in [0, 0.05) is 11.1 Å². The van der Waals surface area contributed by atoms with E-state index in [1.165, 1.54) is 0 Å². The summed E-state index contributed by atoms with van der Waals surface area (Å²) in [5.74, 6) is 0.803. The Balaban J connectivity index is 2.02. The van der Waals surface area contributed by atoms with Crippen LogP contribution in [0.15, 0.2) is 42.5 Å². The number of methoxy groups -OCH3 is 2. The highest BCUT2D eigenvalue weighted by Gasteiger charge is 2.36. The van der Waals surface area contributed by atoms with Gasteiger partial charge in [0.05, 0.1) is 25.8 Å². The van der Waals surface area contributed by atoms with Crippen molar-refractivity contribution in [2.75, 3.05) is 14.2 Å². The summed E-state index contributed by atoms with van der Waals surface area (Å²) >= 11 is 0. The first kappa shape index (κ1) is 13.4. The van der Waals surface area contributed by atoms with Gasteiger partial charge in [0.1, 0.15) is 11.5 Å². The molecule has 1 aliphatic rings. The standard InChI is InChI=1S/C17H15NO3/c1-20-11-5-3-10(4-6-11)15-16(18)14-9-12(21-2)7-8-13(14)17(15)19/h3-9,15,18H,1-2H3. The Hall–Kier alpha value is -2.62. The molecule has 0 aliphatic heterocycles. The molecular formula is C17H15NO3. The van der Waals surface area contributed by atoms with Crippen molar-refractivity contribution >= 4 is 11.5 Å². The van der Waals surface area contributed by atoms with Crippen molar-refractivity contribution in [1.29, 1.82) is 5.41 Å². The smallest absolute Gasteiger partial charge is 0.176 e. The number of benzene rings is 2. The highest BCUT2D eigenvalue weighted by molar-refractivity contribution is 6.30. The summed E-state index contributed by atoms with van der Waals surface area (Å²) in [5.41, 5.74) is 2.36. The van der Waals surface area contributed by atoms with Crippen molar-refractivity contribution in [2.45, 2.75) is 5.92 Å². The Morgan fingerprint density at radius 3 is 2.14 bits per heavy atom. The number of ketones is 1. The highest BCUT2D eigenvalue weighted by atomic mass is 16.5. The lowest BCUT2D eigenvalue weighted by molar-refractivity contribution is 0.0988. The fourth-order valence-corrected chi connectivity index (χ4v) is 2.64. The number of rotatable bonds is 3. The lowest BCUT2D eigenvalue weighted by Crippen LogP contribution is -2.12. The minimum absolute atomic E-state index is 0.0391. The molecule has 1 N–H and O–H groups in total.